The van der Waals surface area contributed by atoms with Gasteiger partial charge in [0.2, 0.25) is 0 Å². The molecule has 0 spiro atoms. The molecule has 178 valence electrons. The predicted molar refractivity (Wildman–Crippen MR) is 134 cm³/mol. The molecule has 0 radical (unpaired) electrons. The van der Waals surface area contributed by atoms with Gasteiger partial charge in [-0.15, -0.1) is 11.3 Å². The highest BCUT2D eigenvalue weighted by Gasteiger charge is 2.35. The topological polar surface area (TPSA) is 73.9 Å². The van der Waals surface area contributed by atoms with Gasteiger partial charge in [0.25, 0.3) is 5.91 Å². The van der Waals surface area contributed by atoms with Crippen molar-refractivity contribution in [2.45, 2.75) is 25.3 Å². The fourth-order valence-corrected chi connectivity index (χ4v) is 5.73. The molecule has 0 bridgehead atoms. The summed E-state index contributed by atoms with van der Waals surface area (Å²) >= 11 is 7.84. The van der Waals surface area contributed by atoms with Crippen LogP contribution in [0.15, 0.2) is 54.6 Å². The summed E-state index contributed by atoms with van der Waals surface area (Å²) in [5, 5.41) is 4.38. The van der Waals surface area contributed by atoms with Gasteiger partial charge in [-0.3, -0.25) is 9.59 Å². The summed E-state index contributed by atoms with van der Waals surface area (Å²) in [5.41, 5.74) is 0.769. The van der Waals surface area contributed by atoms with Crippen molar-refractivity contribution in [3.63, 3.8) is 0 Å². The number of carbonyl (C=O) groups is 2. The quantitative estimate of drug-likeness (QED) is 0.323. The van der Waals surface area contributed by atoms with E-state index in [1.807, 2.05) is 42.5 Å². The molecule has 8 heteroatoms. The number of thiophene rings is 1. The number of methoxy groups -OCH3 is 2. The molecule has 0 aliphatic heterocycles. The Morgan fingerprint density at radius 2 is 1.88 bits per heavy atom. The number of fused-ring (bicyclic) bond motifs is 1. The van der Waals surface area contributed by atoms with Gasteiger partial charge in [-0.05, 0) is 43.0 Å². The van der Waals surface area contributed by atoms with Crippen molar-refractivity contribution in [1.29, 1.82) is 0 Å². The monoisotopic (exact) mass is 499 g/mol. The average Bonchev–Trinajstić information content (AvgIpc) is 3.43. The van der Waals surface area contributed by atoms with Gasteiger partial charge in [-0.25, -0.2) is 0 Å². The number of hydrogen-bond donors (Lipinski definition) is 1. The van der Waals surface area contributed by atoms with Gasteiger partial charge in [0.05, 0.1) is 31.8 Å². The van der Waals surface area contributed by atoms with E-state index in [4.69, 9.17) is 25.8 Å². The molecule has 0 fully saturated rings. The second-order valence-corrected chi connectivity index (χ2v) is 9.38. The van der Waals surface area contributed by atoms with E-state index in [-0.39, 0.29) is 30.4 Å². The first kappa shape index (κ1) is 24.1. The van der Waals surface area contributed by atoms with Crippen LogP contribution in [-0.4, -0.2) is 38.7 Å². The first-order valence-electron chi connectivity index (χ1n) is 11.0. The minimum Gasteiger partial charge on any atom is -0.493 e. The van der Waals surface area contributed by atoms with Crippen LogP contribution in [-0.2, 0) is 9.53 Å². The summed E-state index contributed by atoms with van der Waals surface area (Å²) in [6.45, 7) is 2.06. The lowest BCUT2D eigenvalue weighted by atomic mass is 9.85. The van der Waals surface area contributed by atoms with Gasteiger partial charge in [0.15, 0.2) is 11.5 Å². The highest BCUT2D eigenvalue weighted by molar-refractivity contribution is 7.21. The van der Waals surface area contributed by atoms with Crippen LogP contribution < -0.4 is 14.8 Å². The molecule has 1 aromatic heterocycles. The zero-order valence-electron chi connectivity index (χ0n) is 19.2. The Labute approximate surface area is 207 Å². The molecule has 0 unspecified atom stereocenters. The minimum absolute atomic E-state index is 0.152. The van der Waals surface area contributed by atoms with Crippen LogP contribution in [0.2, 0.25) is 5.02 Å². The Balaban J connectivity index is 1.53. The normalized spacial score (nSPS) is 18.0. The first-order valence-corrected chi connectivity index (χ1v) is 12.2. The van der Waals surface area contributed by atoms with Crippen LogP contribution in [0.3, 0.4) is 0 Å². The van der Waals surface area contributed by atoms with Gasteiger partial charge in [0.1, 0.15) is 4.88 Å². The lowest BCUT2D eigenvalue weighted by Gasteiger charge is -2.23. The van der Waals surface area contributed by atoms with Gasteiger partial charge >= 0.3 is 5.97 Å². The summed E-state index contributed by atoms with van der Waals surface area (Å²) in [6, 6.07) is 12.9. The van der Waals surface area contributed by atoms with Crippen molar-refractivity contribution in [1.82, 2.24) is 5.32 Å². The Bertz CT molecular complexity index is 1240. The highest BCUT2D eigenvalue weighted by Crippen LogP contribution is 2.39. The number of amides is 1. The third-order valence-corrected chi connectivity index (χ3v) is 7.58. The van der Waals surface area contributed by atoms with E-state index < -0.39 is 5.92 Å². The van der Waals surface area contributed by atoms with E-state index in [2.05, 4.69) is 5.32 Å². The van der Waals surface area contributed by atoms with Crippen LogP contribution in [0.25, 0.3) is 10.1 Å². The molecule has 1 heterocycles. The molecule has 1 aliphatic carbocycles. The molecule has 1 N–H and O–H groups in total. The van der Waals surface area contributed by atoms with E-state index >= 15 is 0 Å². The van der Waals surface area contributed by atoms with Gasteiger partial charge in [-0.1, -0.05) is 48.0 Å². The van der Waals surface area contributed by atoms with E-state index in [9.17, 15) is 9.59 Å². The van der Waals surface area contributed by atoms with Crippen LogP contribution in [0.1, 0.15) is 34.5 Å². The molecular weight excluding hydrogens is 474 g/mol. The molecule has 0 saturated carbocycles. The standard InChI is InChI=1S/C26H26ClNO5S/c1-4-33-26(30)22(16-10-12-19(31-2)20(14-16)32-3)15-9-11-17(13-15)28-25(29)24-23(27)18-7-5-6-8-21(18)34-24/h5-12,14-15,17,22H,4,13H2,1-3H3,(H,28,29)/t15-,17-,22-/m0/s1. The largest absolute Gasteiger partial charge is 0.493 e. The Morgan fingerprint density at radius 1 is 1.12 bits per heavy atom. The lowest BCUT2D eigenvalue weighted by Crippen LogP contribution is -2.33. The molecule has 1 aliphatic rings. The smallest absolute Gasteiger partial charge is 0.314 e. The molecule has 6 nitrogen and oxygen atoms in total. The van der Waals surface area contributed by atoms with E-state index in [0.29, 0.717) is 27.8 Å². The fraction of sp³-hybridized carbons (Fsp3) is 0.308. The van der Waals surface area contributed by atoms with Crippen molar-refractivity contribution < 1.29 is 23.8 Å². The number of benzene rings is 2. The lowest BCUT2D eigenvalue weighted by molar-refractivity contribution is -0.146. The molecular formula is C26H26ClNO5S. The van der Waals surface area contributed by atoms with Crippen molar-refractivity contribution >= 4 is 44.9 Å². The first-order chi connectivity index (χ1) is 16.5. The number of esters is 1. The maximum absolute atomic E-state index is 13.0. The van der Waals surface area contributed by atoms with Crippen LogP contribution in [0.4, 0.5) is 0 Å². The van der Waals surface area contributed by atoms with Gasteiger partial charge in [0, 0.05) is 16.1 Å². The van der Waals surface area contributed by atoms with Crippen LogP contribution in [0, 0.1) is 5.92 Å². The zero-order chi connectivity index (χ0) is 24.2. The number of rotatable bonds is 8. The second kappa shape index (κ2) is 10.5. The number of allylic oxidation sites excluding steroid dienone is 1. The third-order valence-electron chi connectivity index (χ3n) is 5.91. The summed E-state index contributed by atoms with van der Waals surface area (Å²) < 4.78 is 17.1. The maximum atomic E-state index is 13.0. The summed E-state index contributed by atoms with van der Waals surface area (Å²) in [4.78, 5) is 26.4. The number of carbonyl (C=O) groups excluding carboxylic acids is 2. The number of nitrogens with one attached hydrogen (secondary N) is 1. The number of hydrogen-bond acceptors (Lipinski definition) is 6. The molecule has 1 amide bonds. The molecule has 2 aromatic carbocycles. The third kappa shape index (κ3) is 4.76. The van der Waals surface area contributed by atoms with Crippen molar-refractivity contribution in [3.05, 3.63) is 70.1 Å². The van der Waals surface area contributed by atoms with Gasteiger partial charge in [-0.2, -0.15) is 0 Å². The molecule has 4 rings (SSSR count). The van der Waals surface area contributed by atoms with Gasteiger partial charge < -0.3 is 19.5 Å². The second-order valence-electron chi connectivity index (χ2n) is 7.95. The Kier molecular flexibility index (Phi) is 7.44. The molecule has 3 aromatic rings. The predicted octanol–water partition coefficient (Wildman–Crippen LogP) is 5.59. The minimum atomic E-state index is -0.536. The van der Waals surface area contributed by atoms with E-state index in [0.717, 1.165) is 15.6 Å². The van der Waals surface area contributed by atoms with Crippen molar-refractivity contribution in [3.8, 4) is 11.5 Å². The average molecular weight is 500 g/mol. The number of halogens is 1. The van der Waals surface area contributed by atoms with Crippen LogP contribution in [0.5, 0.6) is 11.5 Å². The van der Waals surface area contributed by atoms with Crippen molar-refractivity contribution in [2.75, 3.05) is 20.8 Å². The summed E-state index contributed by atoms with van der Waals surface area (Å²) in [5.74, 6) is -0.0999. The fourth-order valence-electron chi connectivity index (χ4n) is 4.31. The highest BCUT2D eigenvalue weighted by atomic mass is 35.5. The van der Waals surface area contributed by atoms with E-state index in [1.165, 1.54) is 11.3 Å². The Hall–Kier alpha value is -3.03. The molecule has 0 saturated heterocycles. The van der Waals surface area contributed by atoms with E-state index in [1.54, 1.807) is 33.3 Å². The number of ether oxygens (including phenoxy) is 3. The molecule has 3 atom stereocenters. The SMILES string of the molecule is CCOC(=O)[C@H](c1ccc(OC)c(OC)c1)[C@H]1C=C[C@H](NC(=O)c2sc3ccccc3c2Cl)C1. The maximum Gasteiger partial charge on any atom is 0.314 e. The Morgan fingerprint density at radius 3 is 2.59 bits per heavy atom. The van der Waals surface area contributed by atoms with Crippen molar-refractivity contribution in [2.24, 2.45) is 5.92 Å². The molecule has 34 heavy (non-hydrogen) atoms. The summed E-state index contributed by atoms with van der Waals surface area (Å²) in [6.07, 6.45) is 4.46. The van der Waals surface area contributed by atoms with Crippen LogP contribution >= 0.6 is 22.9 Å². The zero-order valence-corrected chi connectivity index (χ0v) is 20.7. The summed E-state index contributed by atoms with van der Waals surface area (Å²) in [7, 11) is 3.12.